The van der Waals surface area contributed by atoms with E-state index in [1.54, 1.807) is 12.1 Å². The zero-order valence-electron chi connectivity index (χ0n) is 13.6. The molecule has 0 fully saturated rings. The van der Waals surface area contributed by atoms with Crippen LogP contribution in [0, 0.1) is 0 Å². The molecule has 0 aromatic carbocycles. The summed E-state index contributed by atoms with van der Waals surface area (Å²) in [5.41, 5.74) is 0. The molecule has 24 heavy (non-hydrogen) atoms. The molecule has 0 bridgehead atoms. The summed E-state index contributed by atoms with van der Waals surface area (Å²) in [5.74, 6) is 0.517. The van der Waals surface area contributed by atoms with Crippen LogP contribution in [0.15, 0.2) is 27.2 Å². The Morgan fingerprint density at radius 2 is 2.17 bits per heavy atom. The van der Waals surface area contributed by atoms with E-state index in [9.17, 15) is 13.2 Å². The summed E-state index contributed by atoms with van der Waals surface area (Å²) in [6.07, 6.45) is 2.18. The van der Waals surface area contributed by atoms with Gasteiger partial charge in [-0.1, -0.05) is 18.3 Å². The third-order valence-electron chi connectivity index (χ3n) is 3.12. The Bertz CT molecular complexity index is 772. The van der Waals surface area contributed by atoms with Gasteiger partial charge in [-0.25, -0.2) is 13.2 Å². The van der Waals surface area contributed by atoms with Gasteiger partial charge in [0, 0.05) is 20.6 Å². The van der Waals surface area contributed by atoms with Crippen molar-refractivity contribution in [2.24, 2.45) is 0 Å². The summed E-state index contributed by atoms with van der Waals surface area (Å²) in [4.78, 5) is 13.3. The maximum atomic E-state index is 12.6. The fraction of sp³-hybridized carbons (Fsp3) is 0.462. The van der Waals surface area contributed by atoms with E-state index in [0.29, 0.717) is 18.7 Å². The van der Waals surface area contributed by atoms with E-state index in [-0.39, 0.29) is 22.0 Å². The van der Waals surface area contributed by atoms with Crippen molar-refractivity contribution in [1.29, 1.82) is 0 Å². The molecule has 0 unspecified atom stereocenters. The van der Waals surface area contributed by atoms with Crippen molar-refractivity contribution in [3.8, 4) is 0 Å². The maximum absolute atomic E-state index is 12.6. The Hall–Kier alpha value is -1.98. The predicted molar refractivity (Wildman–Crippen MR) is 89.4 cm³/mol. The van der Waals surface area contributed by atoms with Gasteiger partial charge < -0.3 is 9.73 Å². The van der Waals surface area contributed by atoms with Crippen LogP contribution in [0.1, 0.15) is 19.1 Å². The van der Waals surface area contributed by atoms with Crippen LogP contribution in [0.5, 0.6) is 0 Å². The summed E-state index contributed by atoms with van der Waals surface area (Å²) in [6, 6.07) is 3.01. The first-order valence-electron chi connectivity index (χ1n) is 7.21. The molecular formula is C13H19N5O4S2. The lowest BCUT2D eigenvalue weighted by molar-refractivity contribution is 0.248. The highest BCUT2D eigenvalue weighted by molar-refractivity contribution is 7.91. The molecule has 132 valence electrons. The SMILES string of the molecule is CCCN(C(=O)NC)c1nnc(S(=O)(=O)N(C)Cc2ccco2)s1. The van der Waals surface area contributed by atoms with Gasteiger partial charge in [-0.15, -0.1) is 10.2 Å². The van der Waals surface area contributed by atoms with Crippen molar-refractivity contribution in [3.05, 3.63) is 24.2 Å². The van der Waals surface area contributed by atoms with E-state index < -0.39 is 10.0 Å². The first-order valence-corrected chi connectivity index (χ1v) is 9.47. The van der Waals surface area contributed by atoms with Crippen LogP contribution in [0.4, 0.5) is 9.93 Å². The van der Waals surface area contributed by atoms with Crippen molar-refractivity contribution in [1.82, 2.24) is 19.8 Å². The van der Waals surface area contributed by atoms with Gasteiger partial charge in [-0.2, -0.15) is 4.31 Å². The fourth-order valence-electron chi connectivity index (χ4n) is 1.90. The van der Waals surface area contributed by atoms with Crippen molar-refractivity contribution in [2.75, 3.05) is 25.5 Å². The van der Waals surface area contributed by atoms with Crippen LogP contribution < -0.4 is 10.2 Å². The quantitative estimate of drug-likeness (QED) is 0.737. The molecule has 0 aliphatic heterocycles. The molecule has 0 aliphatic carbocycles. The fourth-order valence-corrected chi connectivity index (χ4v) is 4.24. The Labute approximate surface area is 144 Å². The van der Waals surface area contributed by atoms with E-state index in [2.05, 4.69) is 15.5 Å². The summed E-state index contributed by atoms with van der Waals surface area (Å²) in [5, 5.41) is 10.3. The lowest BCUT2D eigenvalue weighted by Gasteiger charge is -2.17. The van der Waals surface area contributed by atoms with E-state index in [0.717, 1.165) is 15.6 Å². The van der Waals surface area contributed by atoms with E-state index in [1.165, 1.54) is 25.3 Å². The van der Waals surface area contributed by atoms with Crippen molar-refractivity contribution >= 4 is 32.5 Å². The zero-order chi connectivity index (χ0) is 17.7. The number of hydrogen-bond acceptors (Lipinski definition) is 7. The number of nitrogens with one attached hydrogen (secondary N) is 1. The van der Waals surface area contributed by atoms with Gasteiger partial charge in [0.05, 0.1) is 12.8 Å². The molecular weight excluding hydrogens is 354 g/mol. The van der Waals surface area contributed by atoms with Gasteiger partial charge in [0.1, 0.15) is 5.76 Å². The van der Waals surface area contributed by atoms with Gasteiger partial charge >= 0.3 is 6.03 Å². The number of sulfonamides is 1. The van der Waals surface area contributed by atoms with E-state index in [1.807, 2.05) is 6.92 Å². The molecule has 0 saturated carbocycles. The monoisotopic (exact) mass is 373 g/mol. The van der Waals surface area contributed by atoms with Crippen molar-refractivity contribution in [2.45, 2.75) is 24.2 Å². The first kappa shape index (κ1) is 18.4. The average Bonchev–Trinajstić information content (AvgIpc) is 3.23. The Morgan fingerprint density at radius 3 is 2.75 bits per heavy atom. The number of anilines is 1. The van der Waals surface area contributed by atoms with Crippen molar-refractivity contribution in [3.63, 3.8) is 0 Å². The Balaban J connectivity index is 2.22. The van der Waals surface area contributed by atoms with Gasteiger partial charge in [0.25, 0.3) is 10.0 Å². The largest absolute Gasteiger partial charge is 0.468 e. The van der Waals surface area contributed by atoms with Crippen LogP contribution in [-0.2, 0) is 16.6 Å². The average molecular weight is 373 g/mol. The minimum Gasteiger partial charge on any atom is -0.468 e. The number of rotatable bonds is 7. The highest BCUT2D eigenvalue weighted by Crippen LogP contribution is 2.26. The second-order valence-corrected chi connectivity index (χ2v) is 8.07. The number of urea groups is 1. The highest BCUT2D eigenvalue weighted by atomic mass is 32.2. The molecule has 2 aromatic rings. The molecule has 0 aliphatic rings. The summed E-state index contributed by atoms with van der Waals surface area (Å²) in [7, 11) is -0.882. The number of hydrogen-bond donors (Lipinski definition) is 1. The minimum absolute atomic E-state index is 0.0817. The highest BCUT2D eigenvalue weighted by Gasteiger charge is 2.28. The van der Waals surface area contributed by atoms with Crippen LogP contribution in [0.3, 0.4) is 0 Å². The molecule has 11 heteroatoms. The molecule has 0 radical (unpaired) electrons. The Kier molecular flexibility index (Phi) is 5.91. The normalized spacial score (nSPS) is 11.7. The molecule has 0 atom stereocenters. The summed E-state index contributed by atoms with van der Waals surface area (Å²) < 4.78 is 31.2. The van der Waals surface area contributed by atoms with Crippen LogP contribution >= 0.6 is 11.3 Å². The molecule has 2 amide bonds. The van der Waals surface area contributed by atoms with E-state index >= 15 is 0 Å². The number of carbonyl (C=O) groups excluding carboxylic acids is 1. The van der Waals surface area contributed by atoms with Crippen LogP contribution in [-0.4, -0.2) is 49.6 Å². The predicted octanol–water partition coefficient (Wildman–Crippen LogP) is 1.51. The second-order valence-electron chi connectivity index (χ2n) is 4.90. The first-order chi connectivity index (χ1) is 11.4. The van der Waals surface area contributed by atoms with Gasteiger partial charge in [0.2, 0.25) is 9.47 Å². The number of furan rings is 1. The Morgan fingerprint density at radius 1 is 1.42 bits per heavy atom. The van der Waals surface area contributed by atoms with E-state index in [4.69, 9.17) is 4.42 Å². The zero-order valence-corrected chi connectivity index (χ0v) is 15.2. The third kappa shape index (κ3) is 3.91. The standard InChI is InChI=1S/C13H19N5O4S2/c1-4-7-18(11(19)14-2)12-15-16-13(23-12)24(20,21)17(3)9-10-6-5-8-22-10/h5-6,8H,4,7,9H2,1-3H3,(H,14,19). The minimum atomic E-state index is -3.82. The van der Waals surface area contributed by atoms with Crippen LogP contribution in [0.2, 0.25) is 0 Å². The summed E-state index contributed by atoms with van der Waals surface area (Å²) in [6.45, 7) is 2.40. The molecule has 2 aromatic heterocycles. The van der Waals surface area contributed by atoms with Gasteiger partial charge in [0.15, 0.2) is 0 Å². The maximum Gasteiger partial charge on any atom is 0.323 e. The second kappa shape index (κ2) is 7.73. The van der Waals surface area contributed by atoms with Crippen molar-refractivity contribution < 1.29 is 17.6 Å². The topological polar surface area (TPSA) is 109 Å². The lowest BCUT2D eigenvalue weighted by Crippen LogP contribution is -2.38. The molecule has 0 spiro atoms. The van der Waals surface area contributed by atoms with Gasteiger partial charge in [-0.3, -0.25) is 4.90 Å². The summed E-state index contributed by atoms with van der Waals surface area (Å²) >= 11 is 0.855. The molecule has 9 nitrogen and oxygen atoms in total. The number of carbonyl (C=O) groups is 1. The molecule has 2 rings (SSSR count). The molecule has 0 saturated heterocycles. The smallest absolute Gasteiger partial charge is 0.323 e. The number of nitrogens with zero attached hydrogens (tertiary/aromatic N) is 4. The lowest BCUT2D eigenvalue weighted by atomic mass is 10.4. The third-order valence-corrected chi connectivity index (χ3v) is 6.22. The molecule has 1 N–H and O–H groups in total. The van der Waals surface area contributed by atoms with Gasteiger partial charge in [-0.05, 0) is 18.6 Å². The van der Waals surface area contributed by atoms with Crippen LogP contribution in [0.25, 0.3) is 0 Å². The number of amides is 2. The molecule has 2 heterocycles. The number of aromatic nitrogens is 2.